The number of rotatable bonds is 11. The van der Waals surface area contributed by atoms with Gasteiger partial charge in [0.05, 0.1) is 30.9 Å². The monoisotopic (exact) mass is 830 g/mol. The van der Waals surface area contributed by atoms with Crippen molar-refractivity contribution in [2.24, 2.45) is 0 Å². The van der Waals surface area contributed by atoms with E-state index in [4.69, 9.17) is 67.7 Å². The second-order valence-electron chi connectivity index (χ2n) is 13.0. The molecule has 4 heterocycles. The van der Waals surface area contributed by atoms with Gasteiger partial charge in [-0.15, -0.1) is 0 Å². The predicted octanol–water partition coefficient (Wildman–Crippen LogP) is 3.35. The largest absolute Gasteiger partial charge is 0.508 e. The zero-order chi connectivity index (χ0) is 38.6. The summed E-state index contributed by atoms with van der Waals surface area (Å²) in [5, 5.41) is 32.2. The SMILES string of the molecule is [B]C1CC(NC(=S)Nc2ccc3c(c2)C(=O)OC32c3ccc(O)cc3Oc3cc(O)ccc32)C(COP(O)(=S)NC2CC([B])OC2COP(=O)(S)NC)O1. The van der Waals surface area contributed by atoms with Gasteiger partial charge in [0.1, 0.15) is 44.8 Å². The summed E-state index contributed by atoms with van der Waals surface area (Å²) < 4.78 is 46.9. The predicted molar refractivity (Wildman–Crippen MR) is 210 cm³/mol. The molecule has 0 bridgehead atoms. The number of esters is 1. The number of benzene rings is 3. The molecule has 0 amide bonds. The molecule has 282 valence electrons. The minimum Gasteiger partial charge on any atom is -0.508 e. The standard InChI is InChI=1S/C32H34B2N4O11P2S3/c1-35-50(42,53)44-14-27-23(12-29(34)48-27)38-51(43,54)45-13-26-22(11-28(33)47-26)37-31(52)36-15-2-5-19-18(8-15)30(41)49-32(19)20-6-3-16(39)9-24(20)46-25-10-17(40)4-7-21(25)32/h2-10,22-23,26-29,39-40H,11-14H2,1H3,(H2,35,42,53)(H2,36,37,52)(H2,38,43,54). The molecule has 0 aliphatic carbocycles. The van der Waals surface area contributed by atoms with Gasteiger partial charge in [0.15, 0.2) is 10.7 Å². The summed E-state index contributed by atoms with van der Waals surface area (Å²) in [5.74, 6) is -0.150. The van der Waals surface area contributed by atoms with Crippen molar-refractivity contribution in [3.05, 3.63) is 76.9 Å². The van der Waals surface area contributed by atoms with Crippen molar-refractivity contribution in [3.8, 4) is 23.0 Å². The molecule has 2 saturated heterocycles. The highest BCUT2D eigenvalue weighted by molar-refractivity contribution is 8.45. The van der Waals surface area contributed by atoms with Crippen LogP contribution in [0.2, 0.25) is 0 Å². The number of fused-ring (bicyclic) bond motifs is 6. The molecule has 8 atom stereocenters. The first-order valence-electron chi connectivity index (χ1n) is 16.6. The fourth-order valence-corrected chi connectivity index (χ4v) is 9.58. The van der Waals surface area contributed by atoms with E-state index >= 15 is 0 Å². The Hall–Kier alpha value is -2.70. The molecule has 7 N–H and O–H groups in total. The third-order valence-electron chi connectivity index (χ3n) is 9.36. The quantitative estimate of drug-likeness (QED) is 0.0460. The fraction of sp³-hybridized carbons (Fsp3) is 0.375. The van der Waals surface area contributed by atoms with E-state index in [1.807, 2.05) is 0 Å². The molecular formula is C32H34B2N4O11P2S3. The Morgan fingerprint density at radius 2 is 1.52 bits per heavy atom. The Morgan fingerprint density at radius 1 is 0.944 bits per heavy atom. The number of carbonyl (C=O) groups is 1. The van der Waals surface area contributed by atoms with Crippen LogP contribution in [0.1, 0.15) is 39.9 Å². The van der Waals surface area contributed by atoms with Crippen molar-refractivity contribution in [3.63, 3.8) is 0 Å². The van der Waals surface area contributed by atoms with Crippen molar-refractivity contribution >= 4 is 82.1 Å². The molecule has 7 rings (SSSR count). The normalized spacial score (nSPS) is 27.1. The van der Waals surface area contributed by atoms with E-state index in [0.29, 0.717) is 28.8 Å². The number of ether oxygens (including phenoxy) is 4. The third kappa shape index (κ3) is 8.08. The number of phenols is 2. The van der Waals surface area contributed by atoms with E-state index in [1.165, 1.54) is 31.3 Å². The minimum atomic E-state index is -3.62. The lowest BCUT2D eigenvalue weighted by Crippen LogP contribution is -2.44. The summed E-state index contributed by atoms with van der Waals surface area (Å²) >= 11 is 15.0. The van der Waals surface area contributed by atoms with Gasteiger partial charge in [0.25, 0.3) is 6.64 Å². The van der Waals surface area contributed by atoms with Crippen molar-refractivity contribution in [2.45, 2.75) is 54.7 Å². The van der Waals surface area contributed by atoms with E-state index in [1.54, 1.807) is 30.3 Å². The van der Waals surface area contributed by atoms with Gasteiger partial charge in [-0.3, -0.25) is 4.57 Å². The van der Waals surface area contributed by atoms with Crippen LogP contribution in [0, 0.1) is 0 Å². The van der Waals surface area contributed by atoms with Crippen molar-refractivity contribution in [1.29, 1.82) is 0 Å². The van der Waals surface area contributed by atoms with Gasteiger partial charge >= 0.3 is 12.7 Å². The summed E-state index contributed by atoms with van der Waals surface area (Å²) in [7, 11) is 13.5. The number of hydrogen-bond donors (Lipinski definition) is 8. The van der Waals surface area contributed by atoms with Crippen LogP contribution < -0.4 is 25.5 Å². The molecule has 54 heavy (non-hydrogen) atoms. The van der Waals surface area contributed by atoms with Gasteiger partial charge in [0.2, 0.25) is 0 Å². The maximum Gasteiger partial charge on any atom is 0.340 e. The van der Waals surface area contributed by atoms with Gasteiger partial charge in [-0.2, -0.15) is 0 Å². The number of phenolic OH excluding ortho intramolecular Hbond substituents is 2. The molecule has 15 nitrogen and oxygen atoms in total. The maximum absolute atomic E-state index is 13.5. The number of thiocarbonyl (C=S) groups is 1. The molecule has 4 radical (unpaired) electrons. The van der Waals surface area contributed by atoms with Crippen LogP contribution >= 0.6 is 37.8 Å². The Balaban J connectivity index is 1.01. The molecule has 3 aromatic rings. The molecule has 2 fully saturated rings. The minimum absolute atomic E-state index is 0.0453. The summed E-state index contributed by atoms with van der Waals surface area (Å²) in [6.07, 6.45) is -0.708. The third-order valence-corrected chi connectivity index (χ3v) is 13.4. The molecule has 0 saturated carbocycles. The lowest BCUT2D eigenvalue weighted by Gasteiger charge is -2.36. The highest BCUT2D eigenvalue weighted by Crippen LogP contribution is 2.57. The van der Waals surface area contributed by atoms with Crippen LogP contribution in [0.15, 0.2) is 54.6 Å². The Bertz CT molecular complexity index is 2040. The van der Waals surface area contributed by atoms with Crippen LogP contribution in [0.5, 0.6) is 23.0 Å². The highest BCUT2D eigenvalue weighted by atomic mass is 32.7. The van der Waals surface area contributed by atoms with Gasteiger partial charge in [-0.05, 0) is 80.3 Å². The van der Waals surface area contributed by atoms with E-state index in [-0.39, 0.29) is 53.3 Å². The molecular weight excluding hydrogens is 796 g/mol. The van der Waals surface area contributed by atoms with Crippen molar-refractivity contribution < 1.29 is 52.5 Å². The lowest BCUT2D eigenvalue weighted by molar-refractivity contribution is 0.0224. The zero-order valence-corrected chi connectivity index (χ0v) is 32.7. The highest BCUT2D eigenvalue weighted by Gasteiger charge is 2.54. The maximum atomic E-state index is 13.5. The fourth-order valence-electron chi connectivity index (χ4n) is 6.93. The Morgan fingerprint density at radius 3 is 2.15 bits per heavy atom. The average Bonchev–Trinajstić information content (AvgIpc) is 3.73. The molecule has 4 aliphatic heterocycles. The molecule has 0 aromatic heterocycles. The summed E-state index contributed by atoms with van der Waals surface area (Å²) in [4.78, 5) is 24.5. The Kier molecular flexibility index (Phi) is 11.2. The number of nitrogens with one attached hydrogen (secondary N) is 4. The zero-order valence-electron chi connectivity index (χ0n) is 28.4. The topological polar surface area (TPSA) is 198 Å². The second kappa shape index (κ2) is 15.3. The lowest BCUT2D eigenvalue weighted by atomic mass is 9.77. The molecule has 8 unspecified atom stereocenters. The average molecular weight is 830 g/mol. The smallest absolute Gasteiger partial charge is 0.340 e. The summed E-state index contributed by atoms with van der Waals surface area (Å²) in [6, 6.07) is 11.8. The van der Waals surface area contributed by atoms with Crippen LogP contribution in [-0.2, 0) is 45.2 Å². The van der Waals surface area contributed by atoms with E-state index < -0.39 is 61.2 Å². The number of thiol groups is 1. The van der Waals surface area contributed by atoms with Crippen molar-refractivity contribution in [1.82, 2.24) is 15.5 Å². The molecule has 1 spiro atoms. The number of aromatic hydroxyl groups is 2. The first-order chi connectivity index (χ1) is 25.6. The van der Waals surface area contributed by atoms with Crippen LogP contribution in [0.4, 0.5) is 5.69 Å². The number of anilines is 1. The molecule has 4 aliphatic rings. The van der Waals surface area contributed by atoms with Gasteiger partial charge in [-0.25, -0.2) is 15.0 Å². The van der Waals surface area contributed by atoms with Gasteiger partial charge in [0, 0.05) is 52.6 Å². The first kappa shape index (κ1) is 39.5. The number of carbonyl (C=O) groups excluding carboxylic acids is 1. The van der Waals surface area contributed by atoms with E-state index in [9.17, 15) is 24.5 Å². The van der Waals surface area contributed by atoms with Crippen LogP contribution in [-0.4, -0.2) is 98.4 Å². The first-order valence-corrected chi connectivity index (χ1v) is 22.5. The number of hydrogen-bond acceptors (Lipinski definition) is 12. The molecule has 3 aromatic carbocycles. The van der Waals surface area contributed by atoms with Gasteiger partial charge < -0.3 is 53.7 Å². The molecule has 22 heteroatoms. The summed E-state index contributed by atoms with van der Waals surface area (Å²) in [6.45, 7) is -7.23. The summed E-state index contributed by atoms with van der Waals surface area (Å²) in [5.41, 5.74) is 0.879. The van der Waals surface area contributed by atoms with Crippen molar-refractivity contribution in [2.75, 3.05) is 25.6 Å². The Labute approximate surface area is 328 Å². The second-order valence-corrected chi connectivity index (χ2v) is 19.8. The van der Waals surface area contributed by atoms with E-state index in [0.717, 1.165) is 0 Å². The van der Waals surface area contributed by atoms with E-state index in [2.05, 4.69) is 33.1 Å². The van der Waals surface area contributed by atoms with Crippen LogP contribution in [0.25, 0.3) is 0 Å². The van der Waals surface area contributed by atoms with Gasteiger partial charge in [-0.1, -0.05) is 18.3 Å². The van der Waals surface area contributed by atoms with Crippen LogP contribution in [0.3, 0.4) is 0 Å².